The van der Waals surface area contributed by atoms with E-state index in [0.29, 0.717) is 16.0 Å². The number of aromatic nitrogens is 3. The van der Waals surface area contributed by atoms with Gasteiger partial charge in [-0.2, -0.15) is 0 Å². The molecule has 1 aliphatic rings. The van der Waals surface area contributed by atoms with Crippen molar-refractivity contribution >= 4 is 40.6 Å². The van der Waals surface area contributed by atoms with E-state index in [0.717, 1.165) is 40.9 Å². The Morgan fingerprint density at radius 1 is 0.906 bits per heavy atom. The largest absolute Gasteiger partial charge is 0.335 e. The topological polar surface area (TPSA) is 77.0 Å². The van der Waals surface area contributed by atoms with Crippen LogP contribution in [0.15, 0.2) is 78.0 Å². The number of nitrogens with two attached hydrogens (primary N) is 1. The molecule has 0 fully saturated rings. The molecule has 0 radical (unpaired) electrons. The van der Waals surface area contributed by atoms with Gasteiger partial charge in [-0.3, -0.25) is 9.69 Å². The molecular weight excluding hydrogens is 442 g/mol. The fourth-order valence-corrected chi connectivity index (χ4v) is 4.74. The van der Waals surface area contributed by atoms with Gasteiger partial charge in [-0.15, -0.1) is 10.2 Å². The third-order valence-corrected chi connectivity index (χ3v) is 6.65. The minimum Gasteiger partial charge on any atom is -0.335 e. The summed E-state index contributed by atoms with van der Waals surface area (Å²) in [6.07, 6.45) is 1.79. The molecule has 4 aromatic rings. The normalized spacial score (nSPS) is 12.7. The number of carbonyl (C=O) groups is 1. The molecular formula is C24H20ClN5OS. The number of benzene rings is 3. The van der Waals surface area contributed by atoms with E-state index in [2.05, 4.69) is 22.3 Å². The standard InChI is InChI=1S/C24H20ClN5OS/c25-19-13-11-18(12-14-19)23-27-28-24(30(23)26)32-15-22(31)29-20-7-3-1-5-16(20)9-10-17-6-2-4-8-21(17)29/h1-8,11-14H,9-10,15,26H2. The minimum atomic E-state index is -0.0344. The second kappa shape index (κ2) is 8.68. The second-order valence-electron chi connectivity index (χ2n) is 7.46. The van der Waals surface area contributed by atoms with Gasteiger partial charge in [0.15, 0.2) is 5.82 Å². The number of hydrogen-bond donors (Lipinski definition) is 1. The lowest BCUT2D eigenvalue weighted by atomic mass is 10.0. The Labute approximate surface area is 195 Å². The van der Waals surface area contributed by atoms with Crippen LogP contribution in [-0.2, 0) is 17.6 Å². The molecule has 1 amide bonds. The zero-order valence-corrected chi connectivity index (χ0v) is 18.7. The molecule has 32 heavy (non-hydrogen) atoms. The van der Waals surface area contributed by atoms with Crippen LogP contribution in [0.1, 0.15) is 11.1 Å². The molecule has 1 aromatic heterocycles. The summed E-state index contributed by atoms with van der Waals surface area (Å²) in [6, 6.07) is 23.4. The lowest BCUT2D eigenvalue weighted by Gasteiger charge is -2.24. The number of rotatable bonds is 4. The SMILES string of the molecule is Nn1c(SCC(=O)N2c3ccccc3CCc3ccccc32)nnc1-c1ccc(Cl)cc1. The Hall–Kier alpha value is -3.29. The minimum absolute atomic E-state index is 0.0344. The smallest absolute Gasteiger partial charge is 0.242 e. The van der Waals surface area contributed by atoms with E-state index in [9.17, 15) is 4.79 Å². The molecule has 0 atom stereocenters. The lowest BCUT2D eigenvalue weighted by molar-refractivity contribution is -0.115. The van der Waals surface area contributed by atoms with Crippen LogP contribution in [-0.4, -0.2) is 26.5 Å². The second-order valence-corrected chi connectivity index (χ2v) is 8.84. The molecule has 2 N–H and O–H groups in total. The molecule has 0 aliphatic carbocycles. The first-order chi connectivity index (χ1) is 15.6. The number of amides is 1. The van der Waals surface area contributed by atoms with Crippen LogP contribution < -0.4 is 10.7 Å². The van der Waals surface area contributed by atoms with Crippen molar-refractivity contribution < 1.29 is 4.79 Å². The number of hydrogen-bond acceptors (Lipinski definition) is 5. The number of anilines is 2. The van der Waals surface area contributed by atoms with Crippen molar-refractivity contribution in [2.75, 3.05) is 16.5 Å². The Morgan fingerprint density at radius 2 is 1.50 bits per heavy atom. The lowest BCUT2D eigenvalue weighted by Crippen LogP contribution is -2.28. The first-order valence-corrected chi connectivity index (χ1v) is 11.6. The van der Waals surface area contributed by atoms with Crippen LogP contribution in [0.25, 0.3) is 11.4 Å². The summed E-state index contributed by atoms with van der Waals surface area (Å²) in [6.45, 7) is 0. The first-order valence-electron chi connectivity index (χ1n) is 10.2. The monoisotopic (exact) mass is 461 g/mol. The van der Waals surface area contributed by atoms with Crippen LogP contribution in [0.5, 0.6) is 0 Å². The number of halogens is 1. The maximum absolute atomic E-state index is 13.5. The van der Waals surface area contributed by atoms with Gasteiger partial charge >= 0.3 is 0 Å². The molecule has 0 bridgehead atoms. The molecule has 0 spiro atoms. The average Bonchev–Trinajstić information content (AvgIpc) is 3.09. The van der Waals surface area contributed by atoms with E-state index in [-0.39, 0.29) is 11.7 Å². The summed E-state index contributed by atoms with van der Waals surface area (Å²) in [7, 11) is 0. The maximum Gasteiger partial charge on any atom is 0.242 e. The summed E-state index contributed by atoms with van der Waals surface area (Å²) in [4.78, 5) is 15.3. The van der Waals surface area contributed by atoms with Gasteiger partial charge < -0.3 is 5.84 Å². The highest BCUT2D eigenvalue weighted by molar-refractivity contribution is 7.99. The zero-order chi connectivity index (χ0) is 22.1. The third-order valence-electron chi connectivity index (χ3n) is 5.47. The van der Waals surface area contributed by atoms with Gasteiger partial charge in [0.05, 0.1) is 17.1 Å². The van der Waals surface area contributed by atoms with Crippen LogP contribution in [0.3, 0.4) is 0 Å². The molecule has 3 aromatic carbocycles. The third kappa shape index (κ3) is 3.85. The van der Waals surface area contributed by atoms with Gasteiger partial charge in [0.1, 0.15) is 0 Å². The summed E-state index contributed by atoms with van der Waals surface area (Å²) in [5.41, 5.74) is 4.99. The van der Waals surface area contributed by atoms with Gasteiger partial charge in [0, 0.05) is 10.6 Å². The highest BCUT2D eigenvalue weighted by Crippen LogP contribution is 2.36. The first kappa shape index (κ1) is 20.6. The number of carbonyl (C=O) groups excluding carboxylic acids is 1. The van der Waals surface area contributed by atoms with E-state index in [1.807, 2.05) is 53.4 Å². The van der Waals surface area contributed by atoms with Gasteiger partial charge in [-0.1, -0.05) is 59.8 Å². The Bertz CT molecular complexity index is 1240. The highest BCUT2D eigenvalue weighted by Gasteiger charge is 2.26. The van der Waals surface area contributed by atoms with Crippen molar-refractivity contribution in [3.63, 3.8) is 0 Å². The van der Waals surface area contributed by atoms with Crippen LogP contribution in [0.4, 0.5) is 11.4 Å². The van der Waals surface area contributed by atoms with Gasteiger partial charge in [-0.25, -0.2) is 4.68 Å². The number of thioether (sulfide) groups is 1. The molecule has 160 valence electrons. The molecule has 8 heteroatoms. The number of aryl methyl sites for hydroxylation is 2. The van der Waals surface area contributed by atoms with E-state index in [1.54, 1.807) is 12.1 Å². The van der Waals surface area contributed by atoms with Gasteiger partial charge in [0.25, 0.3) is 0 Å². The molecule has 6 nitrogen and oxygen atoms in total. The summed E-state index contributed by atoms with van der Waals surface area (Å²) < 4.78 is 1.41. The maximum atomic E-state index is 13.5. The molecule has 5 rings (SSSR count). The van der Waals surface area contributed by atoms with Crippen molar-refractivity contribution in [2.24, 2.45) is 0 Å². The van der Waals surface area contributed by atoms with Crippen LogP contribution >= 0.6 is 23.4 Å². The summed E-state index contributed by atoms with van der Waals surface area (Å²) in [5.74, 6) is 6.89. The van der Waals surface area contributed by atoms with Crippen molar-refractivity contribution in [1.29, 1.82) is 0 Å². The van der Waals surface area contributed by atoms with Crippen molar-refractivity contribution in [1.82, 2.24) is 14.9 Å². The molecule has 1 aliphatic heterocycles. The molecule has 2 heterocycles. The summed E-state index contributed by atoms with van der Waals surface area (Å²) in [5, 5.41) is 9.48. The number of nitrogens with zero attached hydrogens (tertiary/aromatic N) is 4. The predicted molar refractivity (Wildman–Crippen MR) is 129 cm³/mol. The highest BCUT2D eigenvalue weighted by atomic mass is 35.5. The quantitative estimate of drug-likeness (QED) is 0.346. The Kier molecular flexibility index (Phi) is 5.59. The molecule has 0 unspecified atom stereocenters. The predicted octanol–water partition coefficient (Wildman–Crippen LogP) is 4.87. The van der Waals surface area contributed by atoms with Gasteiger partial charge in [0.2, 0.25) is 11.1 Å². The summed E-state index contributed by atoms with van der Waals surface area (Å²) >= 11 is 7.24. The van der Waals surface area contributed by atoms with E-state index >= 15 is 0 Å². The number of fused-ring (bicyclic) bond motifs is 2. The van der Waals surface area contributed by atoms with Gasteiger partial charge in [-0.05, 0) is 60.4 Å². The van der Waals surface area contributed by atoms with Crippen LogP contribution in [0, 0.1) is 0 Å². The molecule has 0 saturated heterocycles. The van der Waals surface area contributed by atoms with E-state index in [1.165, 1.54) is 16.4 Å². The number of para-hydroxylation sites is 2. The van der Waals surface area contributed by atoms with Crippen molar-refractivity contribution in [2.45, 2.75) is 18.0 Å². The van der Waals surface area contributed by atoms with Crippen molar-refractivity contribution in [3.8, 4) is 11.4 Å². The Morgan fingerprint density at radius 3 is 2.12 bits per heavy atom. The zero-order valence-electron chi connectivity index (χ0n) is 17.1. The fraction of sp³-hybridized carbons (Fsp3) is 0.125. The van der Waals surface area contributed by atoms with Crippen molar-refractivity contribution in [3.05, 3.63) is 88.9 Å². The molecule has 0 saturated carbocycles. The Balaban J connectivity index is 1.41. The fourth-order valence-electron chi connectivity index (χ4n) is 3.91. The number of nitrogen functional groups attached to an aromatic ring is 1. The average molecular weight is 462 g/mol. The van der Waals surface area contributed by atoms with E-state index < -0.39 is 0 Å². The van der Waals surface area contributed by atoms with Crippen LogP contribution in [0.2, 0.25) is 5.02 Å². The van der Waals surface area contributed by atoms with E-state index in [4.69, 9.17) is 17.4 Å².